The topological polar surface area (TPSA) is 66.5 Å². The number of nitrogens with zero attached hydrogens (tertiary/aromatic N) is 3. The first-order valence-electron chi connectivity index (χ1n) is 8.27. The molecule has 126 valence electrons. The molecule has 4 aromatic heterocycles. The fourth-order valence-electron chi connectivity index (χ4n) is 3.19. The van der Waals surface area contributed by atoms with Crippen molar-refractivity contribution in [2.45, 2.75) is 6.92 Å². The van der Waals surface area contributed by atoms with E-state index in [2.05, 4.69) is 60.5 Å². The summed E-state index contributed by atoms with van der Waals surface area (Å²) in [4.78, 5) is 8.97. The van der Waals surface area contributed by atoms with E-state index in [1.165, 1.54) is 10.9 Å². The maximum Gasteiger partial charge on any atom is 0.178 e. The van der Waals surface area contributed by atoms with Crippen molar-refractivity contribution in [3.63, 3.8) is 0 Å². The van der Waals surface area contributed by atoms with Crippen molar-refractivity contribution < 1.29 is 0 Å². The highest BCUT2D eigenvalue weighted by Crippen LogP contribution is 2.33. The van der Waals surface area contributed by atoms with Crippen LogP contribution in [0.15, 0.2) is 59.6 Å². The fraction of sp³-hybridized carbons (Fsp3) is 0.0500. The summed E-state index contributed by atoms with van der Waals surface area (Å²) in [5.74, 6) is 0.725. The third-order valence-corrected chi connectivity index (χ3v) is 5.19. The number of pyridine rings is 2. The van der Waals surface area contributed by atoms with Crippen LogP contribution in [0.1, 0.15) is 5.69 Å². The maximum atomic E-state index is 4.57. The van der Waals surface area contributed by atoms with Crippen LogP contribution in [0.25, 0.3) is 32.9 Å². The van der Waals surface area contributed by atoms with Gasteiger partial charge < -0.3 is 5.32 Å². The van der Waals surface area contributed by atoms with Gasteiger partial charge in [-0.15, -0.1) is 0 Å². The van der Waals surface area contributed by atoms with Gasteiger partial charge in [0.2, 0.25) is 0 Å². The summed E-state index contributed by atoms with van der Waals surface area (Å²) in [6, 6.07) is 12.3. The average Bonchev–Trinajstić information content (AvgIpc) is 3.33. The van der Waals surface area contributed by atoms with Crippen LogP contribution in [-0.4, -0.2) is 20.2 Å². The van der Waals surface area contributed by atoms with Crippen LogP contribution >= 0.6 is 11.3 Å². The molecule has 0 radical (unpaired) electrons. The summed E-state index contributed by atoms with van der Waals surface area (Å²) in [5, 5.41) is 17.3. The van der Waals surface area contributed by atoms with E-state index in [0.29, 0.717) is 0 Å². The van der Waals surface area contributed by atoms with Crippen molar-refractivity contribution in [3.05, 3.63) is 65.2 Å². The lowest BCUT2D eigenvalue weighted by Gasteiger charge is -2.10. The van der Waals surface area contributed by atoms with Crippen LogP contribution in [0.2, 0.25) is 0 Å². The summed E-state index contributed by atoms with van der Waals surface area (Å²) in [7, 11) is 0. The number of H-pyrrole nitrogens is 1. The molecule has 0 bridgehead atoms. The molecule has 0 aliphatic carbocycles. The van der Waals surface area contributed by atoms with Gasteiger partial charge in [-0.2, -0.15) is 16.4 Å². The minimum atomic E-state index is 0.725. The van der Waals surface area contributed by atoms with Crippen LogP contribution in [0, 0.1) is 6.92 Å². The lowest BCUT2D eigenvalue weighted by atomic mass is 10.0. The number of hydrogen-bond acceptors (Lipinski definition) is 5. The van der Waals surface area contributed by atoms with Crippen molar-refractivity contribution in [1.29, 1.82) is 0 Å². The van der Waals surface area contributed by atoms with E-state index in [-0.39, 0.29) is 0 Å². The summed E-state index contributed by atoms with van der Waals surface area (Å²) in [5.41, 5.74) is 6.07. The van der Waals surface area contributed by atoms with E-state index in [4.69, 9.17) is 0 Å². The second kappa shape index (κ2) is 5.93. The van der Waals surface area contributed by atoms with Gasteiger partial charge in [-0.1, -0.05) is 6.07 Å². The zero-order chi connectivity index (χ0) is 17.5. The zero-order valence-corrected chi connectivity index (χ0v) is 14.8. The standard InChI is InChI=1S/C20H15N5S/c1-12-15-5-4-14(23-20-19-18(24-25-20)3-2-7-21-19)9-16(15)17(10-22-12)13-6-8-26-11-13/h2-11H,1H3,(H2,23,24,25). The number of benzene rings is 1. The number of fused-ring (bicyclic) bond motifs is 2. The molecule has 4 heterocycles. The van der Waals surface area contributed by atoms with Crippen LogP contribution in [0.3, 0.4) is 0 Å². The van der Waals surface area contributed by atoms with Crippen molar-refractivity contribution in [3.8, 4) is 11.1 Å². The molecule has 0 aliphatic rings. The second-order valence-electron chi connectivity index (χ2n) is 6.13. The Morgan fingerprint density at radius 3 is 2.92 bits per heavy atom. The lowest BCUT2D eigenvalue weighted by molar-refractivity contribution is 1.12. The van der Waals surface area contributed by atoms with E-state index in [9.17, 15) is 0 Å². The van der Waals surface area contributed by atoms with Crippen molar-refractivity contribution in [2.75, 3.05) is 5.32 Å². The van der Waals surface area contributed by atoms with Crippen molar-refractivity contribution in [2.24, 2.45) is 0 Å². The quantitative estimate of drug-likeness (QED) is 0.461. The molecule has 0 spiro atoms. The van der Waals surface area contributed by atoms with Gasteiger partial charge in [0.05, 0.1) is 5.52 Å². The van der Waals surface area contributed by atoms with Crippen LogP contribution in [0.4, 0.5) is 11.5 Å². The van der Waals surface area contributed by atoms with Gasteiger partial charge in [-0.3, -0.25) is 15.1 Å². The Hall–Kier alpha value is -3.25. The van der Waals surface area contributed by atoms with Crippen LogP contribution in [0.5, 0.6) is 0 Å². The van der Waals surface area contributed by atoms with Gasteiger partial charge in [0, 0.05) is 34.7 Å². The largest absolute Gasteiger partial charge is 0.337 e. The first-order chi connectivity index (χ1) is 12.8. The summed E-state index contributed by atoms with van der Waals surface area (Å²) in [6.45, 7) is 2.04. The second-order valence-corrected chi connectivity index (χ2v) is 6.91. The molecule has 2 N–H and O–H groups in total. The van der Waals surface area contributed by atoms with Gasteiger partial charge in [-0.05, 0) is 59.0 Å². The molecule has 0 amide bonds. The molecule has 5 aromatic rings. The molecule has 26 heavy (non-hydrogen) atoms. The molecular weight excluding hydrogens is 342 g/mol. The Kier molecular flexibility index (Phi) is 3.43. The number of aromatic nitrogens is 4. The lowest BCUT2D eigenvalue weighted by Crippen LogP contribution is -1.94. The van der Waals surface area contributed by atoms with Crippen LogP contribution in [-0.2, 0) is 0 Å². The van der Waals surface area contributed by atoms with Gasteiger partial charge >= 0.3 is 0 Å². The Bertz CT molecular complexity index is 1220. The molecule has 5 nitrogen and oxygen atoms in total. The monoisotopic (exact) mass is 357 g/mol. The molecule has 0 atom stereocenters. The van der Waals surface area contributed by atoms with Gasteiger partial charge in [0.15, 0.2) is 5.82 Å². The smallest absolute Gasteiger partial charge is 0.178 e. The molecule has 0 aliphatic heterocycles. The zero-order valence-electron chi connectivity index (χ0n) is 14.0. The predicted octanol–water partition coefficient (Wildman–Crippen LogP) is 5.29. The van der Waals surface area contributed by atoms with Gasteiger partial charge in [-0.25, -0.2) is 0 Å². The fourth-order valence-corrected chi connectivity index (χ4v) is 3.84. The number of thiophene rings is 1. The molecule has 0 unspecified atom stereocenters. The molecule has 0 saturated carbocycles. The number of aromatic amines is 1. The number of aryl methyl sites for hydroxylation is 1. The van der Waals surface area contributed by atoms with E-state index in [1.54, 1.807) is 17.5 Å². The highest BCUT2D eigenvalue weighted by Gasteiger charge is 2.11. The third-order valence-electron chi connectivity index (χ3n) is 4.50. The Morgan fingerprint density at radius 1 is 1.08 bits per heavy atom. The first-order valence-corrected chi connectivity index (χ1v) is 9.22. The number of rotatable bonds is 3. The van der Waals surface area contributed by atoms with E-state index >= 15 is 0 Å². The molecule has 0 fully saturated rings. The molecular formula is C20H15N5S. The number of hydrogen-bond donors (Lipinski definition) is 2. The van der Waals surface area contributed by atoms with E-state index in [0.717, 1.165) is 39.2 Å². The Balaban J connectivity index is 1.64. The average molecular weight is 357 g/mol. The minimum Gasteiger partial charge on any atom is -0.337 e. The molecule has 1 aromatic carbocycles. The Morgan fingerprint density at radius 2 is 2.04 bits per heavy atom. The summed E-state index contributed by atoms with van der Waals surface area (Å²) < 4.78 is 0. The minimum absolute atomic E-state index is 0.725. The van der Waals surface area contributed by atoms with Gasteiger partial charge in [0.25, 0.3) is 0 Å². The molecule has 5 rings (SSSR count). The van der Waals surface area contributed by atoms with Gasteiger partial charge in [0.1, 0.15) is 5.52 Å². The number of anilines is 2. The maximum absolute atomic E-state index is 4.57. The molecule has 6 heteroatoms. The first kappa shape index (κ1) is 15.0. The summed E-state index contributed by atoms with van der Waals surface area (Å²) in [6.07, 6.45) is 3.72. The molecule has 0 saturated heterocycles. The highest BCUT2D eigenvalue weighted by atomic mass is 32.1. The van der Waals surface area contributed by atoms with Crippen molar-refractivity contribution in [1.82, 2.24) is 20.2 Å². The van der Waals surface area contributed by atoms with Crippen LogP contribution < -0.4 is 5.32 Å². The number of nitrogens with one attached hydrogen (secondary N) is 2. The normalized spacial score (nSPS) is 11.3. The highest BCUT2D eigenvalue weighted by molar-refractivity contribution is 7.08. The summed E-state index contributed by atoms with van der Waals surface area (Å²) >= 11 is 1.69. The van der Waals surface area contributed by atoms with E-state index in [1.807, 2.05) is 25.3 Å². The predicted molar refractivity (Wildman–Crippen MR) is 107 cm³/mol. The van der Waals surface area contributed by atoms with Crippen molar-refractivity contribution >= 4 is 44.6 Å². The third kappa shape index (κ3) is 2.43. The Labute approximate surface area is 153 Å². The SMILES string of the molecule is Cc1ncc(-c2ccsc2)c2cc(Nc3n[nH]c4cccnc34)ccc12. The van der Waals surface area contributed by atoms with E-state index < -0.39 is 0 Å².